The van der Waals surface area contributed by atoms with Gasteiger partial charge in [-0.1, -0.05) is 11.6 Å². The molecule has 0 amide bonds. The average Bonchev–Trinajstić information content (AvgIpc) is 3.20. The molecule has 2 aromatic heterocycles. The minimum absolute atomic E-state index is 0.511. The Morgan fingerprint density at radius 2 is 2.16 bits per heavy atom. The molecular formula is C14H15ClN4. The van der Waals surface area contributed by atoms with Crippen molar-refractivity contribution in [3.63, 3.8) is 0 Å². The third-order valence-corrected chi connectivity index (χ3v) is 3.29. The van der Waals surface area contributed by atoms with E-state index in [0.717, 1.165) is 22.9 Å². The maximum Gasteiger partial charge on any atom is 0.134 e. The van der Waals surface area contributed by atoms with Crippen LogP contribution < -0.4 is 5.32 Å². The molecule has 19 heavy (non-hydrogen) atoms. The van der Waals surface area contributed by atoms with Crippen molar-refractivity contribution in [1.82, 2.24) is 15.0 Å². The molecule has 5 heteroatoms. The van der Waals surface area contributed by atoms with Gasteiger partial charge in [0.2, 0.25) is 0 Å². The SMILES string of the molecule is Cc1cc(NCc2ccnc(Cl)c2)nc(C2CC2)n1. The molecule has 1 N–H and O–H groups in total. The summed E-state index contributed by atoms with van der Waals surface area (Å²) in [5.74, 6) is 2.41. The number of anilines is 1. The third-order valence-electron chi connectivity index (χ3n) is 3.08. The molecule has 0 aromatic carbocycles. The molecular weight excluding hydrogens is 260 g/mol. The minimum Gasteiger partial charge on any atom is -0.366 e. The van der Waals surface area contributed by atoms with Gasteiger partial charge in [0.15, 0.2) is 0 Å². The Kier molecular flexibility index (Phi) is 3.34. The molecule has 0 radical (unpaired) electrons. The summed E-state index contributed by atoms with van der Waals surface area (Å²) >= 11 is 5.86. The van der Waals surface area contributed by atoms with Crippen LogP contribution in [0.1, 0.15) is 35.8 Å². The van der Waals surface area contributed by atoms with E-state index in [9.17, 15) is 0 Å². The maximum absolute atomic E-state index is 5.86. The molecule has 0 unspecified atom stereocenters. The Hall–Kier alpha value is -1.68. The lowest BCUT2D eigenvalue weighted by atomic mass is 10.2. The normalized spacial score (nSPS) is 14.4. The summed E-state index contributed by atoms with van der Waals surface area (Å²) in [7, 11) is 0. The van der Waals surface area contributed by atoms with Gasteiger partial charge < -0.3 is 5.32 Å². The molecule has 1 saturated carbocycles. The van der Waals surface area contributed by atoms with Gasteiger partial charge in [0.1, 0.15) is 16.8 Å². The summed E-state index contributed by atoms with van der Waals surface area (Å²) in [6.07, 6.45) is 4.13. The van der Waals surface area contributed by atoms with Gasteiger partial charge >= 0.3 is 0 Å². The summed E-state index contributed by atoms with van der Waals surface area (Å²) in [6.45, 7) is 2.69. The summed E-state index contributed by atoms with van der Waals surface area (Å²) < 4.78 is 0. The first kappa shape index (κ1) is 12.4. The molecule has 0 saturated heterocycles. The fourth-order valence-electron chi connectivity index (χ4n) is 1.95. The predicted molar refractivity (Wildman–Crippen MR) is 75.3 cm³/mol. The highest BCUT2D eigenvalue weighted by molar-refractivity contribution is 6.29. The van der Waals surface area contributed by atoms with Crippen LogP contribution in [0.3, 0.4) is 0 Å². The highest BCUT2D eigenvalue weighted by Crippen LogP contribution is 2.38. The molecule has 98 valence electrons. The molecule has 0 bridgehead atoms. The van der Waals surface area contributed by atoms with Gasteiger partial charge in [-0.05, 0) is 37.5 Å². The van der Waals surface area contributed by atoms with Crippen molar-refractivity contribution in [3.8, 4) is 0 Å². The number of aryl methyl sites for hydroxylation is 1. The molecule has 2 aromatic rings. The minimum atomic E-state index is 0.511. The van der Waals surface area contributed by atoms with Gasteiger partial charge in [-0.25, -0.2) is 15.0 Å². The van der Waals surface area contributed by atoms with Crippen molar-refractivity contribution >= 4 is 17.4 Å². The van der Waals surface area contributed by atoms with Gasteiger partial charge in [0, 0.05) is 30.4 Å². The zero-order valence-electron chi connectivity index (χ0n) is 10.7. The molecule has 0 aliphatic heterocycles. The predicted octanol–water partition coefficient (Wildman–Crippen LogP) is 3.32. The number of hydrogen-bond donors (Lipinski definition) is 1. The number of nitrogens with one attached hydrogen (secondary N) is 1. The quantitative estimate of drug-likeness (QED) is 0.869. The van der Waals surface area contributed by atoms with E-state index in [4.69, 9.17) is 11.6 Å². The van der Waals surface area contributed by atoms with Crippen LogP contribution in [0, 0.1) is 6.92 Å². The van der Waals surface area contributed by atoms with E-state index in [2.05, 4.69) is 20.3 Å². The van der Waals surface area contributed by atoms with Crippen molar-refractivity contribution in [2.75, 3.05) is 5.32 Å². The second-order valence-corrected chi connectivity index (χ2v) is 5.25. The molecule has 0 spiro atoms. The van der Waals surface area contributed by atoms with Crippen LogP contribution in [-0.4, -0.2) is 15.0 Å². The number of nitrogens with zero attached hydrogens (tertiary/aromatic N) is 3. The van der Waals surface area contributed by atoms with Crippen molar-refractivity contribution < 1.29 is 0 Å². The molecule has 1 aliphatic rings. The standard InChI is InChI=1S/C14H15ClN4/c1-9-6-13(19-14(18-9)11-2-3-11)17-8-10-4-5-16-12(15)7-10/h4-7,11H,2-3,8H2,1H3,(H,17,18,19). The highest BCUT2D eigenvalue weighted by Gasteiger charge is 2.26. The first-order valence-electron chi connectivity index (χ1n) is 6.40. The lowest BCUT2D eigenvalue weighted by molar-refractivity contribution is 0.901. The van der Waals surface area contributed by atoms with Gasteiger partial charge in [0.25, 0.3) is 0 Å². The van der Waals surface area contributed by atoms with Gasteiger partial charge in [-0.15, -0.1) is 0 Å². The van der Waals surface area contributed by atoms with Crippen molar-refractivity contribution in [1.29, 1.82) is 0 Å². The van der Waals surface area contributed by atoms with Crippen LogP contribution in [0.15, 0.2) is 24.4 Å². The van der Waals surface area contributed by atoms with Crippen molar-refractivity contribution in [3.05, 3.63) is 46.6 Å². The Labute approximate surface area is 117 Å². The largest absolute Gasteiger partial charge is 0.366 e. The Morgan fingerprint density at radius 1 is 1.32 bits per heavy atom. The first-order chi connectivity index (χ1) is 9.20. The van der Waals surface area contributed by atoms with Gasteiger partial charge in [0.05, 0.1) is 0 Å². The van der Waals surface area contributed by atoms with Crippen LogP contribution in [0.2, 0.25) is 5.15 Å². The van der Waals surface area contributed by atoms with E-state index < -0.39 is 0 Å². The maximum atomic E-state index is 5.86. The second-order valence-electron chi connectivity index (χ2n) is 4.87. The van der Waals surface area contributed by atoms with Gasteiger partial charge in [-0.2, -0.15) is 0 Å². The number of hydrogen-bond acceptors (Lipinski definition) is 4. The zero-order valence-corrected chi connectivity index (χ0v) is 11.5. The molecule has 2 heterocycles. The molecule has 3 rings (SSSR count). The lowest BCUT2D eigenvalue weighted by Gasteiger charge is -2.08. The smallest absolute Gasteiger partial charge is 0.134 e. The Morgan fingerprint density at radius 3 is 2.89 bits per heavy atom. The van der Waals surface area contributed by atoms with E-state index in [0.29, 0.717) is 17.6 Å². The monoisotopic (exact) mass is 274 g/mol. The van der Waals surface area contributed by atoms with Gasteiger partial charge in [-0.3, -0.25) is 0 Å². The fourth-order valence-corrected chi connectivity index (χ4v) is 2.15. The van der Waals surface area contributed by atoms with E-state index in [-0.39, 0.29) is 0 Å². The fraction of sp³-hybridized carbons (Fsp3) is 0.357. The van der Waals surface area contributed by atoms with Crippen LogP contribution in [0.5, 0.6) is 0 Å². The second kappa shape index (κ2) is 5.13. The molecule has 4 nitrogen and oxygen atoms in total. The summed E-state index contributed by atoms with van der Waals surface area (Å²) in [6, 6.07) is 5.76. The lowest BCUT2D eigenvalue weighted by Crippen LogP contribution is -2.05. The van der Waals surface area contributed by atoms with Crippen molar-refractivity contribution in [2.45, 2.75) is 32.2 Å². The average molecular weight is 275 g/mol. The third kappa shape index (κ3) is 3.20. The summed E-state index contributed by atoms with van der Waals surface area (Å²) in [5.41, 5.74) is 2.09. The number of aromatic nitrogens is 3. The molecule has 1 fully saturated rings. The van der Waals surface area contributed by atoms with E-state index in [1.165, 1.54) is 12.8 Å². The number of rotatable bonds is 4. The van der Waals surface area contributed by atoms with E-state index in [1.807, 2.05) is 25.1 Å². The Bertz CT molecular complexity index is 596. The van der Waals surface area contributed by atoms with Crippen molar-refractivity contribution in [2.24, 2.45) is 0 Å². The Balaban J connectivity index is 1.72. The number of halogens is 1. The van der Waals surface area contributed by atoms with Crippen LogP contribution in [0.25, 0.3) is 0 Å². The number of pyridine rings is 1. The first-order valence-corrected chi connectivity index (χ1v) is 6.78. The molecule has 0 atom stereocenters. The molecule has 1 aliphatic carbocycles. The van der Waals surface area contributed by atoms with E-state index >= 15 is 0 Å². The van der Waals surface area contributed by atoms with Crippen LogP contribution in [-0.2, 0) is 6.54 Å². The van der Waals surface area contributed by atoms with Crippen LogP contribution >= 0.6 is 11.6 Å². The highest BCUT2D eigenvalue weighted by atomic mass is 35.5. The summed E-state index contributed by atoms with van der Waals surface area (Å²) in [4.78, 5) is 13.0. The van der Waals surface area contributed by atoms with E-state index in [1.54, 1.807) is 6.20 Å². The summed E-state index contributed by atoms with van der Waals surface area (Å²) in [5, 5.41) is 3.83. The van der Waals surface area contributed by atoms with Crippen LogP contribution in [0.4, 0.5) is 5.82 Å². The zero-order chi connectivity index (χ0) is 13.2. The topological polar surface area (TPSA) is 50.7 Å².